The Hall–Kier alpha value is -3.76. The van der Waals surface area contributed by atoms with Gasteiger partial charge in [0, 0.05) is 18.5 Å². The maximum Gasteiger partial charge on any atom is 0.490 e. The number of nitrogen functional groups attached to an aromatic ring is 1. The molecular formula is C21H22F3N3O5. The fourth-order valence-corrected chi connectivity index (χ4v) is 2.97. The van der Waals surface area contributed by atoms with Gasteiger partial charge in [-0.2, -0.15) is 13.2 Å². The molecule has 0 saturated heterocycles. The summed E-state index contributed by atoms with van der Waals surface area (Å²) in [6.07, 6.45) is -3.71. The lowest BCUT2D eigenvalue weighted by Gasteiger charge is -2.18. The van der Waals surface area contributed by atoms with Crippen molar-refractivity contribution in [3.63, 3.8) is 0 Å². The second kappa shape index (κ2) is 10.5. The average Bonchev–Trinajstić information content (AvgIpc) is 3.04. The van der Waals surface area contributed by atoms with Gasteiger partial charge in [-0.3, -0.25) is 4.79 Å². The highest BCUT2D eigenvalue weighted by atomic mass is 19.4. The number of rotatable bonds is 7. The average molecular weight is 453 g/mol. The zero-order chi connectivity index (χ0) is 23.9. The monoisotopic (exact) mass is 453 g/mol. The van der Waals surface area contributed by atoms with E-state index in [1.165, 1.54) is 0 Å². The Morgan fingerprint density at radius 1 is 1.12 bits per heavy atom. The van der Waals surface area contributed by atoms with Crippen LogP contribution in [-0.4, -0.2) is 37.9 Å². The number of carbonyl (C=O) groups is 2. The maximum atomic E-state index is 10.9. The lowest BCUT2D eigenvalue weighted by atomic mass is 10.1. The molecule has 1 heterocycles. The number of ether oxygens (including phenoxy) is 1. The molecule has 8 nitrogen and oxygen atoms in total. The van der Waals surface area contributed by atoms with Gasteiger partial charge >= 0.3 is 18.1 Å². The van der Waals surface area contributed by atoms with Gasteiger partial charge in [0.1, 0.15) is 11.5 Å². The number of alkyl halides is 3. The number of carboxylic acids is 2. The van der Waals surface area contributed by atoms with E-state index < -0.39 is 18.1 Å². The molecule has 0 fully saturated rings. The summed E-state index contributed by atoms with van der Waals surface area (Å²) in [6, 6.07) is 15.1. The number of halogens is 3. The Kier molecular flexibility index (Phi) is 8.05. The molecule has 3 aromatic rings. The summed E-state index contributed by atoms with van der Waals surface area (Å²) in [5.74, 6) is -1.74. The third kappa shape index (κ3) is 6.62. The first-order valence-electron chi connectivity index (χ1n) is 9.55. The summed E-state index contributed by atoms with van der Waals surface area (Å²) in [4.78, 5) is 24.2. The first kappa shape index (κ1) is 24.5. The molecule has 0 saturated carbocycles. The number of carboxylic acid groups (broad SMARTS) is 2. The molecule has 0 aliphatic heterocycles. The maximum absolute atomic E-state index is 10.9. The number of hydrogen-bond donors (Lipinski definition) is 3. The van der Waals surface area contributed by atoms with Crippen LogP contribution >= 0.6 is 0 Å². The van der Waals surface area contributed by atoms with E-state index in [9.17, 15) is 18.0 Å². The predicted molar refractivity (Wildman–Crippen MR) is 111 cm³/mol. The molecular weight excluding hydrogens is 431 g/mol. The van der Waals surface area contributed by atoms with Crippen molar-refractivity contribution in [1.82, 2.24) is 9.55 Å². The Balaban J connectivity index is 0.000000451. The normalized spacial score (nSPS) is 12.0. The standard InChI is InChI=1S/C19H21N3O3.C2HF3O2/c1-2-13(8-11-18(23)24)22-17-12-15(9-10-16(17)21-19(22)20)25-14-6-4-3-5-7-14;3-2(4,5)1(6)7/h3-7,9-10,12-13H,2,8,11H2,1H3,(H2,20,21)(H,23,24);(H,6,7). The molecule has 11 heteroatoms. The van der Waals surface area contributed by atoms with Gasteiger partial charge in [-0.05, 0) is 37.1 Å². The molecule has 3 rings (SSSR count). The lowest BCUT2D eigenvalue weighted by Crippen LogP contribution is -2.21. The van der Waals surface area contributed by atoms with E-state index in [4.69, 9.17) is 25.5 Å². The van der Waals surface area contributed by atoms with E-state index in [-0.39, 0.29) is 12.5 Å². The second-order valence-electron chi connectivity index (χ2n) is 6.70. The molecule has 0 spiro atoms. The van der Waals surface area contributed by atoms with E-state index >= 15 is 0 Å². The first-order valence-corrected chi connectivity index (χ1v) is 9.55. The number of aliphatic carboxylic acids is 2. The quantitative estimate of drug-likeness (QED) is 0.466. The number of aromatic nitrogens is 2. The van der Waals surface area contributed by atoms with Crippen LogP contribution < -0.4 is 10.5 Å². The van der Waals surface area contributed by atoms with Crippen molar-refractivity contribution < 1.29 is 37.7 Å². The van der Waals surface area contributed by atoms with Gasteiger partial charge in [-0.15, -0.1) is 0 Å². The third-order valence-electron chi connectivity index (χ3n) is 4.44. The van der Waals surface area contributed by atoms with Crippen LogP contribution in [0, 0.1) is 0 Å². The second-order valence-corrected chi connectivity index (χ2v) is 6.70. The van der Waals surface area contributed by atoms with Gasteiger partial charge in [0.05, 0.1) is 11.0 Å². The molecule has 0 bridgehead atoms. The minimum Gasteiger partial charge on any atom is -0.481 e. The summed E-state index contributed by atoms with van der Waals surface area (Å²) < 4.78 is 39.5. The Morgan fingerprint density at radius 3 is 2.28 bits per heavy atom. The molecule has 0 aliphatic rings. The minimum atomic E-state index is -5.08. The summed E-state index contributed by atoms with van der Waals surface area (Å²) in [5.41, 5.74) is 7.72. The number of fused-ring (bicyclic) bond motifs is 1. The molecule has 0 amide bonds. The van der Waals surface area contributed by atoms with Crippen LogP contribution in [-0.2, 0) is 9.59 Å². The molecule has 172 valence electrons. The van der Waals surface area contributed by atoms with Crippen LogP contribution in [0.1, 0.15) is 32.2 Å². The zero-order valence-electron chi connectivity index (χ0n) is 17.0. The highest BCUT2D eigenvalue weighted by Crippen LogP contribution is 2.31. The highest BCUT2D eigenvalue weighted by Gasteiger charge is 2.38. The van der Waals surface area contributed by atoms with Crippen molar-refractivity contribution >= 4 is 28.9 Å². The number of nitrogens with two attached hydrogens (primary N) is 1. The highest BCUT2D eigenvalue weighted by molar-refractivity contribution is 5.80. The molecule has 1 aromatic heterocycles. The molecule has 4 N–H and O–H groups in total. The molecule has 0 aliphatic carbocycles. The molecule has 0 radical (unpaired) electrons. The van der Waals surface area contributed by atoms with Crippen molar-refractivity contribution in [2.45, 2.75) is 38.4 Å². The van der Waals surface area contributed by atoms with Gasteiger partial charge in [-0.1, -0.05) is 25.1 Å². The van der Waals surface area contributed by atoms with Crippen LogP contribution in [0.4, 0.5) is 19.1 Å². The van der Waals surface area contributed by atoms with Crippen LogP contribution in [0.2, 0.25) is 0 Å². The third-order valence-corrected chi connectivity index (χ3v) is 4.44. The summed E-state index contributed by atoms with van der Waals surface area (Å²) in [7, 11) is 0. The largest absolute Gasteiger partial charge is 0.490 e. The number of nitrogens with zero attached hydrogens (tertiary/aromatic N) is 2. The number of benzene rings is 2. The van der Waals surface area contributed by atoms with Crippen molar-refractivity contribution in [1.29, 1.82) is 0 Å². The van der Waals surface area contributed by atoms with Crippen molar-refractivity contribution in [2.75, 3.05) is 5.73 Å². The van der Waals surface area contributed by atoms with Gasteiger partial charge in [-0.25, -0.2) is 9.78 Å². The lowest BCUT2D eigenvalue weighted by molar-refractivity contribution is -0.192. The van der Waals surface area contributed by atoms with Crippen molar-refractivity contribution in [3.8, 4) is 11.5 Å². The number of imidazole rings is 1. The van der Waals surface area contributed by atoms with Gasteiger partial charge in [0.25, 0.3) is 0 Å². The molecule has 2 aromatic carbocycles. The number of hydrogen-bond acceptors (Lipinski definition) is 5. The Labute approximate surface area is 181 Å². The van der Waals surface area contributed by atoms with Crippen LogP contribution in [0.15, 0.2) is 48.5 Å². The van der Waals surface area contributed by atoms with Gasteiger partial charge in [0.15, 0.2) is 0 Å². The van der Waals surface area contributed by atoms with E-state index in [1.807, 2.05) is 60.0 Å². The molecule has 1 unspecified atom stereocenters. The van der Waals surface area contributed by atoms with Crippen molar-refractivity contribution in [2.24, 2.45) is 0 Å². The van der Waals surface area contributed by atoms with Crippen LogP contribution in [0.5, 0.6) is 11.5 Å². The number of anilines is 1. The SMILES string of the molecule is CCC(CCC(=O)O)n1c(N)nc2ccc(Oc3ccccc3)cc21.O=C(O)C(F)(F)F. The van der Waals surface area contributed by atoms with Crippen LogP contribution in [0.3, 0.4) is 0 Å². The van der Waals surface area contributed by atoms with E-state index in [2.05, 4.69) is 4.98 Å². The van der Waals surface area contributed by atoms with Gasteiger partial charge < -0.3 is 25.3 Å². The van der Waals surface area contributed by atoms with Crippen molar-refractivity contribution in [3.05, 3.63) is 48.5 Å². The Morgan fingerprint density at radius 2 is 1.75 bits per heavy atom. The minimum absolute atomic E-state index is 0.0203. The first-order chi connectivity index (χ1) is 15.0. The predicted octanol–water partition coefficient (Wildman–Crippen LogP) is 4.86. The fraction of sp³-hybridized carbons (Fsp3) is 0.286. The van der Waals surface area contributed by atoms with E-state index in [0.717, 1.165) is 23.2 Å². The summed E-state index contributed by atoms with van der Waals surface area (Å²) in [5, 5.41) is 16.1. The van der Waals surface area contributed by atoms with Crippen LogP contribution in [0.25, 0.3) is 11.0 Å². The number of para-hydroxylation sites is 1. The summed E-state index contributed by atoms with van der Waals surface area (Å²) >= 11 is 0. The molecule has 32 heavy (non-hydrogen) atoms. The van der Waals surface area contributed by atoms with E-state index in [0.29, 0.717) is 18.1 Å². The van der Waals surface area contributed by atoms with E-state index in [1.54, 1.807) is 0 Å². The smallest absolute Gasteiger partial charge is 0.481 e. The molecule has 1 atom stereocenters. The Bertz CT molecular complexity index is 1070. The fourth-order valence-electron chi connectivity index (χ4n) is 2.97. The summed E-state index contributed by atoms with van der Waals surface area (Å²) in [6.45, 7) is 2.02. The topological polar surface area (TPSA) is 128 Å². The zero-order valence-corrected chi connectivity index (χ0v) is 17.0. The van der Waals surface area contributed by atoms with Gasteiger partial charge in [0.2, 0.25) is 5.95 Å².